The van der Waals surface area contributed by atoms with E-state index < -0.39 is 129 Å². The molecule has 3 rings (SSSR count). The first-order chi connectivity index (χ1) is 20.0. The molecule has 248 valence electrons. The Bertz CT molecular complexity index is 984. The summed E-state index contributed by atoms with van der Waals surface area (Å²) in [4.78, 5) is 0. The Morgan fingerprint density at radius 1 is 0.721 bits per heavy atom. The molecule has 0 bridgehead atoms. The van der Waals surface area contributed by atoms with E-state index in [0.29, 0.717) is 12.1 Å². The Hall–Kier alpha value is -1.68. The maximum Gasteiger partial charge on any atom is 0.416 e. The molecule has 0 aliphatic carbocycles. The van der Waals surface area contributed by atoms with Gasteiger partial charge in [-0.05, 0) is 30.7 Å². The summed E-state index contributed by atoms with van der Waals surface area (Å²) in [6.07, 6.45) is -26.5. The summed E-state index contributed by atoms with van der Waals surface area (Å²) in [6, 6.07) is 0.830. The Kier molecular flexibility index (Phi) is 12.2. The van der Waals surface area contributed by atoms with Crippen molar-refractivity contribution < 1.29 is 85.8 Å². The number of aliphatic hydroxyl groups is 7. The van der Waals surface area contributed by atoms with Crippen LogP contribution >= 0.6 is 0 Å². The molecule has 43 heavy (non-hydrogen) atoms. The molecule has 18 heteroatoms. The number of benzene rings is 1. The van der Waals surface area contributed by atoms with Crippen LogP contribution < -0.4 is 0 Å². The van der Waals surface area contributed by atoms with E-state index in [-0.39, 0.29) is 6.07 Å². The lowest BCUT2D eigenvalue weighted by Crippen LogP contribution is -2.60. The maximum atomic E-state index is 13.3. The van der Waals surface area contributed by atoms with Crippen molar-refractivity contribution in [2.24, 2.45) is 0 Å². The predicted octanol–water partition coefficient (Wildman–Crippen LogP) is -0.687. The van der Waals surface area contributed by atoms with Crippen molar-refractivity contribution in [1.29, 1.82) is 0 Å². The molecule has 2 aliphatic rings. The first-order valence-electron chi connectivity index (χ1n) is 13.0. The molecular formula is C25H34F6O12. The Morgan fingerprint density at radius 2 is 1.26 bits per heavy atom. The highest BCUT2D eigenvalue weighted by Gasteiger charge is 2.46. The van der Waals surface area contributed by atoms with Gasteiger partial charge in [0.25, 0.3) is 0 Å². The van der Waals surface area contributed by atoms with Crippen molar-refractivity contribution in [2.45, 2.75) is 93.2 Å². The monoisotopic (exact) mass is 640 g/mol. The van der Waals surface area contributed by atoms with Crippen molar-refractivity contribution in [3.63, 3.8) is 0 Å². The van der Waals surface area contributed by atoms with Gasteiger partial charge in [-0.3, -0.25) is 0 Å². The lowest BCUT2D eigenvalue weighted by molar-refractivity contribution is -0.298. The van der Waals surface area contributed by atoms with Crippen LogP contribution in [0.5, 0.6) is 0 Å². The van der Waals surface area contributed by atoms with Gasteiger partial charge in [-0.1, -0.05) is 0 Å². The van der Waals surface area contributed by atoms with Crippen LogP contribution in [0.15, 0.2) is 18.2 Å². The van der Waals surface area contributed by atoms with Gasteiger partial charge in [0, 0.05) is 0 Å². The molecule has 0 spiro atoms. The fourth-order valence-electron chi connectivity index (χ4n) is 4.64. The SMILES string of the molecule is CC1OC(CO)C(OCC(COC2C(O)C(O)OC(CO)C2O)OCc2cc(C(F)(F)F)cc(C(F)(F)F)c2)C(O)C1O. The van der Waals surface area contributed by atoms with Crippen LogP contribution in [0.1, 0.15) is 23.6 Å². The first kappa shape index (κ1) is 35.8. The molecule has 1 aromatic carbocycles. The van der Waals surface area contributed by atoms with Gasteiger partial charge in [-0.25, -0.2) is 0 Å². The minimum absolute atomic E-state index is 0.0597. The predicted molar refractivity (Wildman–Crippen MR) is 128 cm³/mol. The van der Waals surface area contributed by atoms with E-state index in [0.717, 1.165) is 0 Å². The molecule has 7 N–H and O–H groups in total. The molecular weight excluding hydrogens is 606 g/mol. The van der Waals surface area contributed by atoms with Crippen LogP contribution in [0, 0.1) is 0 Å². The molecule has 11 atom stereocenters. The minimum Gasteiger partial charge on any atom is -0.394 e. The molecule has 0 amide bonds. The second-order valence-corrected chi connectivity index (χ2v) is 10.2. The van der Waals surface area contributed by atoms with Gasteiger partial charge in [-0.2, -0.15) is 26.3 Å². The number of rotatable bonds is 11. The largest absolute Gasteiger partial charge is 0.416 e. The normalized spacial score (nSPS) is 34.7. The zero-order valence-corrected chi connectivity index (χ0v) is 22.6. The summed E-state index contributed by atoms with van der Waals surface area (Å²) >= 11 is 0. The molecule has 2 fully saturated rings. The van der Waals surface area contributed by atoms with E-state index in [1.807, 2.05) is 0 Å². The quantitative estimate of drug-likeness (QED) is 0.151. The summed E-state index contributed by atoms with van der Waals surface area (Å²) in [6.45, 7) is -2.15. The topological polar surface area (TPSA) is 188 Å². The van der Waals surface area contributed by atoms with Gasteiger partial charge in [0.1, 0.15) is 54.9 Å². The van der Waals surface area contributed by atoms with Gasteiger partial charge in [0.05, 0.1) is 50.3 Å². The lowest BCUT2D eigenvalue weighted by atomic mass is 9.96. The molecule has 2 saturated heterocycles. The Labute approximate surface area is 240 Å². The highest BCUT2D eigenvalue weighted by atomic mass is 19.4. The zero-order chi connectivity index (χ0) is 32.3. The highest BCUT2D eigenvalue weighted by molar-refractivity contribution is 5.33. The molecule has 0 radical (unpaired) electrons. The molecule has 11 unspecified atom stereocenters. The van der Waals surface area contributed by atoms with E-state index >= 15 is 0 Å². The summed E-state index contributed by atoms with van der Waals surface area (Å²) in [7, 11) is 0. The second-order valence-electron chi connectivity index (χ2n) is 10.2. The second kappa shape index (κ2) is 14.6. The molecule has 0 aromatic heterocycles. The smallest absolute Gasteiger partial charge is 0.394 e. The van der Waals surface area contributed by atoms with Crippen LogP contribution in [0.25, 0.3) is 0 Å². The van der Waals surface area contributed by atoms with Gasteiger partial charge < -0.3 is 59.4 Å². The average molecular weight is 641 g/mol. The van der Waals surface area contributed by atoms with E-state index in [1.54, 1.807) is 0 Å². The van der Waals surface area contributed by atoms with Gasteiger partial charge >= 0.3 is 12.4 Å². The van der Waals surface area contributed by atoms with Crippen LogP contribution in [0.3, 0.4) is 0 Å². The van der Waals surface area contributed by atoms with Crippen molar-refractivity contribution in [3.05, 3.63) is 34.9 Å². The van der Waals surface area contributed by atoms with Crippen molar-refractivity contribution in [2.75, 3.05) is 26.4 Å². The number of halogens is 6. The van der Waals surface area contributed by atoms with Crippen LogP contribution in [0.2, 0.25) is 0 Å². The number of aliphatic hydroxyl groups excluding tert-OH is 7. The van der Waals surface area contributed by atoms with Crippen LogP contribution in [0.4, 0.5) is 26.3 Å². The Morgan fingerprint density at radius 3 is 1.77 bits per heavy atom. The highest BCUT2D eigenvalue weighted by Crippen LogP contribution is 2.36. The zero-order valence-electron chi connectivity index (χ0n) is 22.6. The third-order valence-corrected chi connectivity index (χ3v) is 7.03. The van der Waals surface area contributed by atoms with Crippen LogP contribution in [-0.2, 0) is 42.6 Å². The fraction of sp³-hybridized carbons (Fsp3) is 0.760. The maximum absolute atomic E-state index is 13.3. The van der Waals surface area contributed by atoms with Crippen LogP contribution in [-0.4, -0.2) is 130 Å². The molecule has 1 aromatic rings. The summed E-state index contributed by atoms with van der Waals surface area (Å²) < 4.78 is 107. The standard InChI is InChI=1S/C25H34F6O12/c1-10-17(34)19(36)21(16(6-33)42-10)40-8-14(9-41-22-18(35)15(5-32)43-23(38)20(22)37)39-7-11-2-12(24(26,27)28)4-13(3-11)25(29,30)31/h2-4,10,14-23,32-38H,5-9H2,1H3. The van der Waals surface area contributed by atoms with E-state index in [4.69, 9.17) is 23.7 Å². The minimum atomic E-state index is -5.12. The summed E-state index contributed by atoms with van der Waals surface area (Å²) in [5.41, 5.74) is -3.70. The number of hydrogen-bond donors (Lipinski definition) is 7. The van der Waals surface area contributed by atoms with Gasteiger partial charge in [-0.15, -0.1) is 0 Å². The number of alkyl halides is 6. The summed E-state index contributed by atoms with van der Waals surface area (Å²) in [5.74, 6) is 0. The van der Waals surface area contributed by atoms with E-state index in [1.165, 1.54) is 6.92 Å². The van der Waals surface area contributed by atoms with Gasteiger partial charge in [0.15, 0.2) is 6.29 Å². The van der Waals surface area contributed by atoms with Crippen molar-refractivity contribution >= 4 is 0 Å². The number of hydrogen-bond acceptors (Lipinski definition) is 12. The Balaban J connectivity index is 1.82. The third-order valence-electron chi connectivity index (χ3n) is 7.03. The van der Waals surface area contributed by atoms with E-state index in [2.05, 4.69) is 0 Å². The van der Waals surface area contributed by atoms with E-state index in [9.17, 15) is 62.1 Å². The average Bonchev–Trinajstić information content (AvgIpc) is 2.94. The molecule has 0 saturated carbocycles. The van der Waals surface area contributed by atoms with Crippen molar-refractivity contribution in [3.8, 4) is 0 Å². The summed E-state index contributed by atoms with van der Waals surface area (Å²) in [5, 5.41) is 70.0. The molecule has 12 nitrogen and oxygen atoms in total. The van der Waals surface area contributed by atoms with Gasteiger partial charge in [0.2, 0.25) is 0 Å². The third kappa shape index (κ3) is 8.95. The molecule has 2 aliphatic heterocycles. The lowest BCUT2D eigenvalue weighted by Gasteiger charge is -2.42. The first-order valence-corrected chi connectivity index (χ1v) is 13.0. The fourth-order valence-corrected chi connectivity index (χ4v) is 4.64. The van der Waals surface area contributed by atoms with Crippen molar-refractivity contribution in [1.82, 2.24) is 0 Å². The molecule has 2 heterocycles. The number of ether oxygens (including phenoxy) is 5.